The van der Waals surface area contributed by atoms with Crippen LogP contribution in [-0.2, 0) is 32.6 Å². The molecule has 0 spiro atoms. The van der Waals surface area contributed by atoms with Gasteiger partial charge in [0.2, 0.25) is 21.8 Å². The molecule has 42 heavy (non-hydrogen) atoms. The van der Waals surface area contributed by atoms with E-state index in [1.165, 1.54) is 4.90 Å². The van der Waals surface area contributed by atoms with Crippen molar-refractivity contribution in [3.8, 4) is 5.75 Å². The molecule has 1 atom stereocenters. The van der Waals surface area contributed by atoms with Gasteiger partial charge in [-0.15, -0.1) is 0 Å². The third kappa shape index (κ3) is 9.08. The molecule has 0 saturated heterocycles. The van der Waals surface area contributed by atoms with Gasteiger partial charge in [0.25, 0.3) is 0 Å². The van der Waals surface area contributed by atoms with Gasteiger partial charge in [-0.25, -0.2) is 8.42 Å². The predicted molar refractivity (Wildman–Crippen MR) is 168 cm³/mol. The maximum atomic E-state index is 14.3. The SMILES string of the molecule is COc1cccc(CN(C(=O)CN(c2ccccc2C(C)C)S(C)(=O)=O)[C@H](Cc2ccccc2)C(=O)NCC(C)C)c1. The molecule has 3 aromatic rings. The summed E-state index contributed by atoms with van der Waals surface area (Å²) in [4.78, 5) is 29.5. The van der Waals surface area contributed by atoms with Crippen molar-refractivity contribution in [3.63, 3.8) is 0 Å². The molecule has 8 nitrogen and oxygen atoms in total. The van der Waals surface area contributed by atoms with Crippen molar-refractivity contribution in [2.75, 3.05) is 30.8 Å². The molecule has 226 valence electrons. The summed E-state index contributed by atoms with van der Waals surface area (Å²) in [5.41, 5.74) is 2.90. The Morgan fingerprint density at radius 3 is 2.14 bits per heavy atom. The monoisotopic (exact) mass is 593 g/mol. The normalized spacial score (nSPS) is 12.2. The second-order valence-electron chi connectivity index (χ2n) is 11.2. The quantitative estimate of drug-likeness (QED) is 0.284. The lowest BCUT2D eigenvalue weighted by Gasteiger charge is -2.34. The minimum absolute atomic E-state index is 0.0288. The van der Waals surface area contributed by atoms with Gasteiger partial charge in [-0.1, -0.05) is 88.4 Å². The third-order valence-electron chi connectivity index (χ3n) is 6.95. The van der Waals surface area contributed by atoms with E-state index in [2.05, 4.69) is 5.32 Å². The Hall–Kier alpha value is -3.85. The van der Waals surface area contributed by atoms with E-state index < -0.39 is 28.5 Å². The molecule has 0 unspecified atom stereocenters. The van der Waals surface area contributed by atoms with Crippen molar-refractivity contribution in [1.29, 1.82) is 0 Å². The van der Waals surface area contributed by atoms with Crippen LogP contribution >= 0.6 is 0 Å². The molecule has 0 aliphatic heterocycles. The van der Waals surface area contributed by atoms with Crippen molar-refractivity contribution in [1.82, 2.24) is 10.2 Å². The van der Waals surface area contributed by atoms with Crippen molar-refractivity contribution in [2.24, 2.45) is 5.92 Å². The van der Waals surface area contributed by atoms with Crippen LogP contribution in [0.15, 0.2) is 78.9 Å². The number of para-hydroxylation sites is 1. The minimum Gasteiger partial charge on any atom is -0.497 e. The Morgan fingerprint density at radius 1 is 0.881 bits per heavy atom. The lowest BCUT2D eigenvalue weighted by molar-refractivity contribution is -0.140. The van der Waals surface area contributed by atoms with E-state index in [1.807, 2.05) is 88.4 Å². The Bertz CT molecular complexity index is 1440. The molecule has 2 amide bonds. The molecular weight excluding hydrogens is 550 g/mol. The van der Waals surface area contributed by atoms with Gasteiger partial charge < -0.3 is 15.0 Å². The van der Waals surface area contributed by atoms with Crippen LogP contribution in [0, 0.1) is 5.92 Å². The number of hydrogen-bond donors (Lipinski definition) is 1. The number of nitrogens with zero attached hydrogens (tertiary/aromatic N) is 2. The fourth-order valence-electron chi connectivity index (χ4n) is 4.74. The summed E-state index contributed by atoms with van der Waals surface area (Å²) in [6.07, 6.45) is 1.36. The molecule has 0 radical (unpaired) electrons. The highest BCUT2D eigenvalue weighted by Gasteiger charge is 2.33. The van der Waals surface area contributed by atoms with E-state index in [0.29, 0.717) is 18.0 Å². The molecule has 0 heterocycles. The summed E-state index contributed by atoms with van der Waals surface area (Å²) in [7, 11) is -2.28. The fourth-order valence-corrected chi connectivity index (χ4v) is 5.61. The number of nitrogens with one attached hydrogen (secondary N) is 1. The van der Waals surface area contributed by atoms with E-state index in [0.717, 1.165) is 27.3 Å². The van der Waals surface area contributed by atoms with Gasteiger partial charge in [0.05, 0.1) is 19.1 Å². The first-order chi connectivity index (χ1) is 19.9. The van der Waals surface area contributed by atoms with Gasteiger partial charge in [-0.05, 0) is 46.7 Å². The van der Waals surface area contributed by atoms with Crippen molar-refractivity contribution < 1.29 is 22.7 Å². The third-order valence-corrected chi connectivity index (χ3v) is 8.08. The van der Waals surface area contributed by atoms with Crippen LogP contribution in [0.1, 0.15) is 50.3 Å². The molecule has 0 aromatic heterocycles. The van der Waals surface area contributed by atoms with E-state index in [9.17, 15) is 18.0 Å². The number of sulfonamides is 1. The summed E-state index contributed by atoms with van der Waals surface area (Å²) in [5.74, 6) is 0.0790. The van der Waals surface area contributed by atoms with Gasteiger partial charge in [-0.3, -0.25) is 13.9 Å². The zero-order valence-electron chi connectivity index (χ0n) is 25.4. The lowest BCUT2D eigenvalue weighted by Crippen LogP contribution is -2.53. The van der Waals surface area contributed by atoms with E-state index in [4.69, 9.17) is 4.74 Å². The van der Waals surface area contributed by atoms with Crippen LogP contribution < -0.4 is 14.4 Å². The number of anilines is 1. The van der Waals surface area contributed by atoms with Crippen LogP contribution in [0.5, 0.6) is 5.75 Å². The molecule has 0 aliphatic carbocycles. The number of benzene rings is 3. The van der Waals surface area contributed by atoms with Gasteiger partial charge in [0, 0.05) is 19.5 Å². The Morgan fingerprint density at radius 2 is 1.52 bits per heavy atom. The minimum atomic E-state index is -3.85. The van der Waals surface area contributed by atoms with Crippen LogP contribution in [0.3, 0.4) is 0 Å². The average molecular weight is 594 g/mol. The largest absolute Gasteiger partial charge is 0.497 e. The number of hydrogen-bond acceptors (Lipinski definition) is 5. The predicted octanol–water partition coefficient (Wildman–Crippen LogP) is 5.00. The average Bonchev–Trinajstić information content (AvgIpc) is 2.96. The van der Waals surface area contributed by atoms with E-state index in [-0.39, 0.29) is 30.7 Å². The molecule has 1 N–H and O–H groups in total. The number of rotatable bonds is 14. The molecule has 3 aromatic carbocycles. The summed E-state index contributed by atoms with van der Waals surface area (Å²) < 4.78 is 32.8. The number of amides is 2. The van der Waals surface area contributed by atoms with Crippen LogP contribution in [0.2, 0.25) is 0 Å². The molecule has 0 bridgehead atoms. The first-order valence-electron chi connectivity index (χ1n) is 14.2. The number of ether oxygens (including phenoxy) is 1. The Labute approximate surface area is 250 Å². The topological polar surface area (TPSA) is 96.0 Å². The standard InChI is InChI=1S/C33H43N3O5S/c1-24(2)21-34-33(38)31(20-26-13-8-7-9-14-26)35(22-27-15-12-16-28(19-27)41-5)32(37)23-36(42(6,39)40)30-18-11-10-17-29(30)25(3)4/h7-19,24-25,31H,20-23H2,1-6H3,(H,34,38)/t31-/m1/s1. The van der Waals surface area contributed by atoms with Crippen LogP contribution in [0.4, 0.5) is 5.69 Å². The van der Waals surface area contributed by atoms with Crippen molar-refractivity contribution in [2.45, 2.75) is 52.6 Å². The van der Waals surface area contributed by atoms with Crippen LogP contribution in [-0.4, -0.2) is 57.6 Å². The molecule has 3 rings (SSSR count). The first kappa shape index (κ1) is 32.7. The van der Waals surface area contributed by atoms with Gasteiger partial charge in [0.15, 0.2) is 0 Å². The smallest absolute Gasteiger partial charge is 0.244 e. The maximum absolute atomic E-state index is 14.3. The summed E-state index contributed by atoms with van der Waals surface area (Å²) in [6, 6.07) is 23.1. The Balaban J connectivity index is 2.10. The molecule has 0 saturated carbocycles. The van der Waals surface area contributed by atoms with Crippen molar-refractivity contribution in [3.05, 3.63) is 95.6 Å². The summed E-state index contributed by atoms with van der Waals surface area (Å²) >= 11 is 0. The molecular formula is C33H43N3O5S. The summed E-state index contributed by atoms with van der Waals surface area (Å²) in [6.45, 7) is 8.05. The number of carbonyl (C=O) groups is 2. The highest BCUT2D eigenvalue weighted by molar-refractivity contribution is 7.92. The summed E-state index contributed by atoms with van der Waals surface area (Å²) in [5, 5.41) is 3.00. The highest BCUT2D eigenvalue weighted by Crippen LogP contribution is 2.29. The highest BCUT2D eigenvalue weighted by atomic mass is 32.2. The molecule has 0 fully saturated rings. The second-order valence-corrected chi connectivity index (χ2v) is 13.1. The first-order valence-corrected chi connectivity index (χ1v) is 16.1. The zero-order valence-corrected chi connectivity index (χ0v) is 26.2. The second kappa shape index (κ2) is 14.9. The number of carbonyl (C=O) groups excluding carboxylic acids is 2. The van der Waals surface area contributed by atoms with Crippen molar-refractivity contribution >= 4 is 27.5 Å². The maximum Gasteiger partial charge on any atom is 0.244 e. The number of methoxy groups -OCH3 is 1. The van der Waals surface area contributed by atoms with E-state index in [1.54, 1.807) is 25.3 Å². The fraction of sp³-hybridized carbons (Fsp3) is 0.394. The molecule has 9 heteroatoms. The van der Waals surface area contributed by atoms with E-state index >= 15 is 0 Å². The van der Waals surface area contributed by atoms with Gasteiger partial charge in [-0.2, -0.15) is 0 Å². The van der Waals surface area contributed by atoms with Gasteiger partial charge >= 0.3 is 0 Å². The van der Waals surface area contributed by atoms with Gasteiger partial charge in [0.1, 0.15) is 18.3 Å². The Kier molecular flexibility index (Phi) is 11.6. The zero-order chi connectivity index (χ0) is 30.9. The molecule has 0 aliphatic rings. The lowest BCUT2D eigenvalue weighted by atomic mass is 10.0. The van der Waals surface area contributed by atoms with Crippen LogP contribution in [0.25, 0.3) is 0 Å².